The van der Waals surface area contributed by atoms with Crippen molar-refractivity contribution in [2.24, 2.45) is 5.41 Å². The zero-order valence-electron chi connectivity index (χ0n) is 15.3. The molecule has 4 rings (SSSR count). The summed E-state index contributed by atoms with van der Waals surface area (Å²) in [5.74, 6) is 0. The summed E-state index contributed by atoms with van der Waals surface area (Å²) in [6.45, 7) is 13.6. The molecule has 1 spiro atoms. The van der Waals surface area contributed by atoms with Gasteiger partial charge in [0.1, 0.15) is 0 Å². The van der Waals surface area contributed by atoms with Crippen LogP contribution in [0.5, 0.6) is 0 Å². The molecule has 2 fully saturated rings. The molecular formula is C19H32N4O. The Labute approximate surface area is 145 Å². The van der Waals surface area contributed by atoms with Gasteiger partial charge in [-0.05, 0) is 43.2 Å². The molecule has 2 saturated heterocycles. The van der Waals surface area contributed by atoms with Crippen LogP contribution in [0, 0.1) is 5.41 Å². The van der Waals surface area contributed by atoms with Crippen LogP contribution in [0.3, 0.4) is 0 Å². The van der Waals surface area contributed by atoms with E-state index in [0.717, 1.165) is 26.3 Å². The number of fused-ring (bicyclic) bond motifs is 2. The van der Waals surface area contributed by atoms with E-state index in [2.05, 4.69) is 33.8 Å². The summed E-state index contributed by atoms with van der Waals surface area (Å²) in [6.07, 6.45) is 7.19. The van der Waals surface area contributed by atoms with Crippen LogP contribution in [-0.2, 0) is 16.6 Å². The highest BCUT2D eigenvalue weighted by atomic mass is 16.5. The molecule has 24 heavy (non-hydrogen) atoms. The summed E-state index contributed by atoms with van der Waals surface area (Å²) < 4.78 is 5.49. The number of piperidine rings is 1. The number of aromatic amines is 1. The fraction of sp³-hybridized carbons (Fsp3) is 0.842. The Balaban J connectivity index is 1.39. The van der Waals surface area contributed by atoms with Gasteiger partial charge in [0.25, 0.3) is 0 Å². The Morgan fingerprint density at radius 3 is 2.79 bits per heavy atom. The van der Waals surface area contributed by atoms with Crippen molar-refractivity contribution in [3.8, 4) is 0 Å². The number of morpholine rings is 1. The summed E-state index contributed by atoms with van der Waals surface area (Å²) in [5, 5.41) is 7.64. The molecule has 0 amide bonds. The van der Waals surface area contributed by atoms with E-state index < -0.39 is 0 Å². The van der Waals surface area contributed by atoms with Gasteiger partial charge in [0.05, 0.1) is 19.4 Å². The minimum atomic E-state index is 0.325. The molecule has 1 unspecified atom stereocenters. The average Bonchev–Trinajstić information content (AvgIpc) is 3.13. The van der Waals surface area contributed by atoms with Gasteiger partial charge in [0.15, 0.2) is 0 Å². The molecule has 1 aliphatic carbocycles. The van der Waals surface area contributed by atoms with E-state index in [0.29, 0.717) is 10.8 Å². The number of nitrogens with zero attached hydrogens (tertiary/aromatic N) is 3. The predicted octanol–water partition coefficient (Wildman–Crippen LogP) is 2.05. The lowest BCUT2D eigenvalue weighted by atomic mass is 9.77. The molecule has 5 nitrogen and oxygen atoms in total. The van der Waals surface area contributed by atoms with Gasteiger partial charge >= 0.3 is 0 Å². The first-order chi connectivity index (χ1) is 11.6. The number of rotatable bonds is 4. The third-order valence-electron chi connectivity index (χ3n) is 6.18. The summed E-state index contributed by atoms with van der Waals surface area (Å²) in [6, 6.07) is 0. The first-order valence-corrected chi connectivity index (χ1v) is 9.62. The van der Waals surface area contributed by atoms with Crippen molar-refractivity contribution in [1.82, 2.24) is 20.0 Å². The quantitative estimate of drug-likeness (QED) is 0.916. The molecule has 3 aliphatic rings. The molecule has 0 aromatic carbocycles. The number of likely N-dealkylation sites (tertiary alicyclic amines) is 1. The number of ether oxygens (including phenoxy) is 1. The standard InChI is InChI=1S/C19H32N4O/c1-18(2,13-22-8-10-24-11-9-22)14-23-7-3-5-19(15-23)6-4-16-12-20-21-17(16)19/h12H,3-11,13-15H2,1-2H3,(H,20,21). The van der Waals surface area contributed by atoms with Crippen LogP contribution in [0.15, 0.2) is 6.20 Å². The minimum Gasteiger partial charge on any atom is -0.379 e. The molecule has 1 aromatic rings. The number of hydrogen-bond donors (Lipinski definition) is 1. The van der Waals surface area contributed by atoms with Gasteiger partial charge in [0, 0.05) is 43.8 Å². The van der Waals surface area contributed by atoms with Crippen molar-refractivity contribution >= 4 is 0 Å². The second-order valence-electron chi connectivity index (χ2n) is 8.92. The molecule has 134 valence electrons. The lowest BCUT2D eigenvalue weighted by molar-refractivity contribution is 0.0105. The molecule has 1 atom stereocenters. The van der Waals surface area contributed by atoms with E-state index in [1.165, 1.54) is 63.1 Å². The van der Waals surface area contributed by atoms with Crippen LogP contribution in [0.2, 0.25) is 0 Å². The van der Waals surface area contributed by atoms with Gasteiger partial charge in [-0.1, -0.05) is 13.8 Å². The third kappa shape index (κ3) is 3.26. The van der Waals surface area contributed by atoms with Crippen LogP contribution in [0.25, 0.3) is 0 Å². The lowest BCUT2D eigenvalue weighted by Gasteiger charge is -2.44. The van der Waals surface area contributed by atoms with Crippen molar-refractivity contribution in [2.45, 2.75) is 44.9 Å². The van der Waals surface area contributed by atoms with Crippen molar-refractivity contribution in [3.05, 3.63) is 17.5 Å². The van der Waals surface area contributed by atoms with Crippen LogP contribution in [0.1, 0.15) is 44.4 Å². The lowest BCUT2D eigenvalue weighted by Crippen LogP contribution is -2.51. The van der Waals surface area contributed by atoms with Crippen molar-refractivity contribution in [2.75, 3.05) is 52.5 Å². The Hall–Kier alpha value is -0.910. The number of nitrogens with one attached hydrogen (secondary N) is 1. The predicted molar refractivity (Wildman–Crippen MR) is 95.3 cm³/mol. The number of aromatic nitrogens is 2. The van der Waals surface area contributed by atoms with E-state index in [1.807, 2.05) is 6.20 Å². The zero-order valence-corrected chi connectivity index (χ0v) is 15.3. The summed E-state index contributed by atoms with van der Waals surface area (Å²) >= 11 is 0. The Kier molecular flexibility index (Phi) is 4.43. The van der Waals surface area contributed by atoms with Crippen LogP contribution in [0.4, 0.5) is 0 Å². The maximum atomic E-state index is 5.49. The number of hydrogen-bond acceptors (Lipinski definition) is 4. The van der Waals surface area contributed by atoms with Crippen LogP contribution < -0.4 is 0 Å². The van der Waals surface area contributed by atoms with Crippen LogP contribution in [-0.4, -0.2) is 72.5 Å². The Bertz CT molecular complexity index is 563. The third-order valence-corrected chi connectivity index (χ3v) is 6.18. The number of H-pyrrole nitrogens is 1. The molecule has 2 aliphatic heterocycles. The first-order valence-electron chi connectivity index (χ1n) is 9.62. The highest BCUT2D eigenvalue weighted by molar-refractivity contribution is 5.33. The van der Waals surface area contributed by atoms with Gasteiger partial charge in [-0.25, -0.2) is 0 Å². The fourth-order valence-electron chi connectivity index (χ4n) is 5.25. The van der Waals surface area contributed by atoms with Gasteiger partial charge in [0.2, 0.25) is 0 Å². The SMILES string of the molecule is CC(C)(CN1CCOCC1)CN1CCCC2(CCc3cn[nH]c32)C1. The zero-order chi connectivity index (χ0) is 16.6. The summed E-state index contributed by atoms with van der Waals surface area (Å²) in [7, 11) is 0. The van der Waals surface area contributed by atoms with Gasteiger partial charge in [-0.3, -0.25) is 10.00 Å². The first kappa shape index (κ1) is 16.6. The summed E-state index contributed by atoms with van der Waals surface area (Å²) in [4.78, 5) is 5.30. The highest BCUT2D eigenvalue weighted by Crippen LogP contribution is 2.44. The van der Waals surface area contributed by atoms with E-state index in [1.54, 1.807) is 0 Å². The molecule has 0 saturated carbocycles. The fourth-order valence-corrected chi connectivity index (χ4v) is 5.25. The molecule has 0 bridgehead atoms. The topological polar surface area (TPSA) is 44.4 Å². The maximum absolute atomic E-state index is 5.49. The summed E-state index contributed by atoms with van der Waals surface area (Å²) in [5.41, 5.74) is 3.58. The molecule has 3 heterocycles. The second kappa shape index (κ2) is 6.43. The molecule has 5 heteroatoms. The van der Waals surface area contributed by atoms with E-state index in [4.69, 9.17) is 4.74 Å². The monoisotopic (exact) mass is 332 g/mol. The van der Waals surface area contributed by atoms with E-state index >= 15 is 0 Å². The molecule has 1 N–H and O–H groups in total. The average molecular weight is 332 g/mol. The Morgan fingerprint density at radius 1 is 1.17 bits per heavy atom. The van der Waals surface area contributed by atoms with Crippen LogP contribution >= 0.6 is 0 Å². The highest BCUT2D eigenvalue weighted by Gasteiger charge is 2.44. The Morgan fingerprint density at radius 2 is 1.96 bits per heavy atom. The largest absolute Gasteiger partial charge is 0.379 e. The van der Waals surface area contributed by atoms with E-state index in [-0.39, 0.29) is 0 Å². The second-order valence-corrected chi connectivity index (χ2v) is 8.92. The normalized spacial score (nSPS) is 29.2. The molecular weight excluding hydrogens is 300 g/mol. The smallest absolute Gasteiger partial charge is 0.0594 e. The van der Waals surface area contributed by atoms with Crippen molar-refractivity contribution in [1.29, 1.82) is 0 Å². The molecule has 0 radical (unpaired) electrons. The van der Waals surface area contributed by atoms with Crippen molar-refractivity contribution < 1.29 is 4.74 Å². The van der Waals surface area contributed by atoms with E-state index in [9.17, 15) is 0 Å². The maximum Gasteiger partial charge on any atom is 0.0594 e. The van der Waals surface area contributed by atoms with Gasteiger partial charge < -0.3 is 9.64 Å². The molecule has 1 aromatic heterocycles. The van der Waals surface area contributed by atoms with Crippen molar-refractivity contribution in [3.63, 3.8) is 0 Å². The van der Waals surface area contributed by atoms with Gasteiger partial charge in [-0.2, -0.15) is 5.10 Å². The van der Waals surface area contributed by atoms with Gasteiger partial charge in [-0.15, -0.1) is 0 Å². The number of aryl methyl sites for hydroxylation is 1. The minimum absolute atomic E-state index is 0.325.